The van der Waals surface area contributed by atoms with Crippen molar-refractivity contribution in [2.45, 2.75) is 52.0 Å². The summed E-state index contributed by atoms with van der Waals surface area (Å²) < 4.78 is 43.2. The molecule has 1 N–H and O–H groups in total. The number of carbonyl (C=O) groups is 1. The standard InChI is InChI=1S/C25H24F3N5O2/c1-14-11-31(13-30-14)20-7-8-21-23(35)33(15(2)12-32(21)22(20)34)24(3,4)18-10-29-19-6-5-16(9-17(18)19)25(26,27)28/h5-11,13,15,29H,12H2,1-4H3. The molecule has 1 unspecified atom stereocenters. The minimum atomic E-state index is -4.48. The predicted molar refractivity (Wildman–Crippen MR) is 125 cm³/mol. The number of aromatic amines is 1. The van der Waals surface area contributed by atoms with Crippen LogP contribution in [0.25, 0.3) is 16.6 Å². The number of nitrogens with zero attached hydrogens (tertiary/aromatic N) is 4. The van der Waals surface area contributed by atoms with Gasteiger partial charge < -0.3 is 19.0 Å². The van der Waals surface area contributed by atoms with Gasteiger partial charge in [0.2, 0.25) is 0 Å². The van der Waals surface area contributed by atoms with Crippen LogP contribution < -0.4 is 5.56 Å². The summed E-state index contributed by atoms with van der Waals surface area (Å²) in [4.78, 5) is 35.8. The summed E-state index contributed by atoms with van der Waals surface area (Å²) in [7, 11) is 0. The predicted octanol–water partition coefficient (Wildman–Crippen LogP) is 4.62. The number of aryl methyl sites for hydroxylation is 1. The number of imidazole rings is 1. The first-order chi connectivity index (χ1) is 16.4. The van der Waals surface area contributed by atoms with Crippen molar-refractivity contribution in [1.82, 2.24) is 24.0 Å². The van der Waals surface area contributed by atoms with Gasteiger partial charge in [0, 0.05) is 41.4 Å². The van der Waals surface area contributed by atoms with Crippen molar-refractivity contribution < 1.29 is 18.0 Å². The topological polar surface area (TPSA) is 75.9 Å². The van der Waals surface area contributed by atoms with Crippen LogP contribution in [-0.2, 0) is 18.3 Å². The lowest BCUT2D eigenvalue weighted by Gasteiger charge is -2.46. The van der Waals surface area contributed by atoms with Crippen molar-refractivity contribution in [3.63, 3.8) is 0 Å². The summed E-state index contributed by atoms with van der Waals surface area (Å²) in [5.74, 6) is -0.361. The monoisotopic (exact) mass is 483 g/mol. The van der Waals surface area contributed by atoms with Gasteiger partial charge in [-0.1, -0.05) is 0 Å². The van der Waals surface area contributed by atoms with Crippen LogP contribution in [-0.4, -0.2) is 36.0 Å². The van der Waals surface area contributed by atoms with Crippen LogP contribution in [0.3, 0.4) is 0 Å². The summed E-state index contributed by atoms with van der Waals surface area (Å²) in [6.07, 6.45) is 0.456. The summed E-state index contributed by atoms with van der Waals surface area (Å²) in [5.41, 5.74) is 0.488. The first-order valence-corrected chi connectivity index (χ1v) is 11.2. The minimum Gasteiger partial charge on any atom is -0.361 e. The number of rotatable bonds is 3. The number of fused-ring (bicyclic) bond motifs is 2. The quantitative estimate of drug-likeness (QED) is 0.462. The fourth-order valence-corrected chi connectivity index (χ4v) is 5.09. The third-order valence-electron chi connectivity index (χ3n) is 6.74. The van der Waals surface area contributed by atoms with Gasteiger partial charge in [0.1, 0.15) is 11.4 Å². The maximum atomic E-state index is 13.7. The Balaban J connectivity index is 1.59. The van der Waals surface area contributed by atoms with Crippen molar-refractivity contribution >= 4 is 16.8 Å². The number of benzene rings is 1. The highest BCUT2D eigenvalue weighted by atomic mass is 19.4. The second-order valence-corrected chi connectivity index (χ2v) is 9.49. The van der Waals surface area contributed by atoms with E-state index in [1.165, 1.54) is 10.6 Å². The van der Waals surface area contributed by atoms with Gasteiger partial charge in [-0.05, 0) is 58.0 Å². The van der Waals surface area contributed by atoms with Crippen molar-refractivity contribution in [3.8, 4) is 5.69 Å². The highest BCUT2D eigenvalue weighted by Gasteiger charge is 2.42. The molecule has 5 rings (SSSR count). The Morgan fingerprint density at radius 1 is 1.11 bits per heavy atom. The maximum absolute atomic E-state index is 13.7. The van der Waals surface area contributed by atoms with E-state index in [4.69, 9.17) is 0 Å². The molecule has 1 aliphatic rings. The lowest BCUT2D eigenvalue weighted by molar-refractivity contribution is -0.137. The Kier molecular flexibility index (Phi) is 4.98. The van der Waals surface area contributed by atoms with Crippen molar-refractivity contribution in [1.29, 1.82) is 0 Å². The van der Waals surface area contributed by atoms with Crippen molar-refractivity contribution in [2.24, 2.45) is 0 Å². The smallest absolute Gasteiger partial charge is 0.361 e. The summed E-state index contributed by atoms with van der Waals surface area (Å²) in [6, 6.07) is 6.36. The largest absolute Gasteiger partial charge is 0.416 e. The number of carbonyl (C=O) groups excluding carboxylic acids is 1. The third-order valence-corrected chi connectivity index (χ3v) is 6.74. The number of hydrogen-bond donors (Lipinski definition) is 1. The molecule has 7 nitrogen and oxygen atoms in total. The Morgan fingerprint density at radius 3 is 2.51 bits per heavy atom. The van der Waals surface area contributed by atoms with Crippen LogP contribution in [0.2, 0.25) is 0 Å². The van der Waals surface area contributed by atoms with Gasteiger partial charge in [-0.2, -0.15) is 13.2 Å². The molecule has 0 saturated carbocycles. The zero-order valence-electron chi connectivity index (χ0n) is 19.6. The number of halogens is 3. The van der Waals surface area contributed by atoms with Crippen molar-refractivity contribution in [2.75, 3.05) is 0 Å². The Bertz CT molecular complexity index is 1530. The van der Waals surface area contributed by atoms with Gasteiger partial charge in [0.15, 0.2) is 0 Å². The van der Waals surface area contributed by atoms with E-state index in [-0.39, 0.29) is 23.7 Å². The van der Waals surface area contributed by atoms with E-state index in [0.717, 1.165) is 17.8 Å². The van der Waals surface area contributed by atoms with Gasteiger partial charge in [0.05, 0.1) is 23.1 Å². The fraction of sp³-hybridized carbons (Fsp3) is 0.320. The molecule has 1 amide bonds. The number of alkyl halides is 3. The van der Waals surface area contributed by atoms with Crippen LogP contribution in [0, 0.1) is 6.92 Å². The summed E-state index contributed by atoms with van der Waals surface area (Å²) in [6.45, 7) is 7.52. The molecule has 1 atom stereocenters. The molecular weight excluding hydrogens is 459 g/mol. The van der Waals surface area contributed by atoms with E-state index in [1.807, 2.05) is 13.8 Å². The first-order valence-electron chi connectivity index (χ1n) is 11.2. The van der Waals surface area contributed by atoms with Gasteiger partial charge in [-0.15, -0.1) is 0 Å². The molecule has 0 spiro atoms. The minimum absolute atomic E-state index is 0.234. The van der Waals surface area contributed by atoms with Crippen LogP contribution in [0.15, 0.2) is 53.8 Å². The molecule has 0 aliphatic carbocycles. The Labute approximate surface area is 198 Å². The molecule has 4 heterocycles. The van der Waals surface area contributed by atoms with Crippen molar-refractivity contribution in [3.05, 3.63) is 81.9 Å². The van der Waals surface area contributed by atoms with E-state index >= 15 is 0 Å². The molecule has 1 aliphatic heterocycles. The average molecular weight is 483 g/mol. The Morgan fingerprint density at radius 2 is 1.86 bits per heavy atom. The average Bonchev–Trinajstić information content (AvgIpc) is 3.40. The molecule has 1 aromatic carbocycles. The van der Waals surface area contributed by atoms with E-state index in [1.54, 1.807) is 54.2 Å². The normalized spacial score (nSPS) is 16.7. The van der Waals surface area contributed by atoms with E-state index < -0.39 is 23.3 Å². The lowest BCUT2D eigenvalue weighted by Crippen LogP contribution is -2.57. The molecule has 4 aromatic rings. The van der Waals surface area contributed by atoms with Gasteiger partial charge in [-0.25, -0.2) is 4.98 Å². The van der Waals surface area contributed by atoms with Crippen LogP contribution >= 0.6 is 0 Å². The summed E-state index contributed by atoms with van der Waals surface area (Å²) in [5, 5.41) is 0.401. The molecule has 182 valence electrons. The summed E-state index contributed by atoms with van der Waals surface area (Å²) >= 11 is 0. The van der Waals surface area contributed by atoms with Gasteiger partial charge in [-0.3, -0.25) is 9.59 Å². The molecule has 0 saturated heterocycles. The molecule has 3 aromatic heterocycles. The second kappa shape index (κ2) is 7.59. The lowest BCUT2D eigenvalue weighted by atomic mass is 9.88. The third kappa shape index (κ3) is 3.55. The molecule has 0 bridgehead atoms. The number of hydrogen-bond acceptors (Lipinski definition) is 3. The first kappa shape index (κ1) is 22.9. The number of nitrogens with one attached hydrogen (secondary N) is 1. The highest BCUT2D eigenvalue weighted by Crippen LogP contribution is 2.39. The number of H-pyrrole nitrogens is 1. The molecule has 10 heteroatoms. The zero-order chi connectivity index (χ0) is 25.3. The van der Waals surface area contributed by atoms with Gasteiger partial charge >= 0.3 is 6.18 Å². The molecule has 0 fully saturated rings. The van der Waals surface area contributed by atoms with Crippen LogP contribution in [0.4, 0.5) is 13.2 Å². The molecular formula is C25H24F3N5O2. The fourth-order valence-electron chi connectivity index (χ4n) is 5.09. The van der Waals surface area contributed by atoms with Crippen LogP contribution in [0.1, 0.15) is 48.1 Å². The number of pyridine rings is 1. The number of amides is 1. The zero-order valence-corrected chi connectivity index (χ0v) is 19.6. The van der Waals surface area contributed by atoms with Gasteiger partial charge in [0.25, 0.3) is 11.5 Å². The Hall–Kier alpha value is -3.82. The van der Waals surface area contributed by atoms with E-state index in [9.17, 15) is 22.8 Å². The van der Waals surface area contributed by atoms with Crippen LogP contribution in [0.5, 0.6) is 0 Å². The highest BCUT2D eigenvalue weighted by molar-refractivity contribution is 5.95. The van der Waals surface area contributed by atoms with E-state index in [0.29, 0.717) is 22.2 Å². The maximum Gasteiger partial charge on any atom is 0.416 e. The number of aromatic nitrogens is 4. The molecule has 0 radical (unpaired) electrons. The molecule has 35 heavy (non-hydrogen) atoms. The van der Waals surface area contributed by atoms with E-state index in [2.05, 4.69) is 9.97 Å². The SMILES string of the molecule is Cc1cn(-c2ccc3n(c2=O)CC(C)N(C(C)(C)c2c[nH]c4ccc(C(F)(F)F)cc24)C3=O)cn1. The second-order valence-electron chi connectivity index (χ2n) is 9.49.